The van der Waals surface area contributed by atoms with Gasteiger partial charge in [-0.15, -0.1) is 0 Å². The molecule has 0 aliphatic carbocycles. The molecule has 0 bridgehead atoms. The van der Waals surface area contributed by atoms with Crippen molar-refractivity contribution in [2.45, 2.75) is 32.2 Å². The zero-order chi connectivity index (χ0) is 33.8. The molecule has 2 fully saturated rings. The molecule has 0 atom stereocenters. The number of nitrogens with two attached hydrogens (primary N) is 1. The van der Waals surface area contributed by atoms with Crippen molar-refractivity contribution in [1.82, 2.24) is 24.8 Å². The number of methoxy groups -OCH3 is 1. The number of hydrogen-bond donors (Lipinski definition) is 3. The molecule has 0 spiro atoms. The van der Waals surface area contributed by atoms with Crippen LogP contribution in [0.15, 0.2) is 59.3 Å². The number of hydrogen-bond acceptors (Lipinski definition) is 10. The van der Waals surface area contributed by atoms with E-state index in [4.69, 9.17) is 15.5 Å². The van der Waals surface area contributed by atoms with Crippen LogP contribution in [-0.2, 0) is 6.42 Å². The van der Waals surface area contributed by atoms with E-state index in [1.54, 1.807) is 19.5 Å². The Morgan fingerprint density at radius 2 is 1.75 bits per heavy atom. The summed E-state index contributed by atoms with van der Waals surface area (Å²) in [4.78, 5) is 21.7. The molecule has 12 heteroatoms. The highest BCUT2D eigenvalue weighted by molar-refractivity contribution is 9.10. The molecule has 2 aliphatic heterocycles. The predicted molar refractivity (Wildman–Crippen MR) is 205 cm³/mol. The van der Waals surface area contributed by atoms with E-state index in [1.165, 1.54) is 55.6 Å². The normalized spacial score (nSPS) is 16.4. The maximum absolute atomic E-state index is 6.24. The van der Waals surface area contributed by atoms with Gasteiger partial charge in [0.25, 0.3) is 0 Å². The lowest BCUT2D eigenvalue weighted by atomic mass is 9.99. The number of benzene rings is 2. The number of halogens is 1. The second kappa shape index (κ2) is 15.4. The van der Waals surface area contributed by atoms with E-state index in [-0.39, 0.29) is 0 Å². The van der Waals surface area contributed by atoms with Gasteiger partial charge in [-0.1, -0.05) is 20.9 Å². The number of pyridine rings is 1. The van der Waals surface area contributed by atoms with Gasteiger partial charge in [-0.2, -0.15) is 4.98 Å². The minimum Gasteiger partial charge on any atom is -0.494 e. The van der Waals surface area contributed by atoms with Crippen molar-refractivity contribution in [1.29, 1.82) is 0 Å². The number of nitrogens with zero attached hydrogens (tertiary/aromatic N) is 6. The molecule has 0 unspecified atom stereocenters. The monoisotopic (exact) mass is 731 g/mol. The first kappa shape index (κ1) is 34.4. The fourth-order valence-corrected chi connectivity index (χ4v) is 7.99. The predicted octanol–water partition coefficient (Wildman–Crippen LogP) is 6.52. The molecular formula is C36H47BrN9OP. The summed E-state index contributed by atoms with van der Waals surface area (Å²) in [6.45, 7) is 13.5. The van der Waals surface area contributed by atoms with Crippen LogP contribution in [0.3, 0.4) is 0 Å². The number of nitrogen functional groups attached to an aromatic ring is 1. The molecule has 4 aromatic rings. The van der Waals surface area contributed by atoms with Crippen LogP contribution in [0.5, 0.6) is 5.75 Å². The number of aromatic nitrogens is 3. The first-order valence-electron chi connectivity index (χ1n) is 16.7. The maximum atomic E-state index is 6.24. The van der Waals surface area contributed by atoms with Crippen molar-refractivity contribution in [3.05, 3.63) is 64.9 Å². The summed E-state index contributed by atoms with van der Waals surface area (Å²) in [5.41, 5.74) is 13.1. The zero-order valence-corrected chi connectivity index (χ0v) is 31.1. The average Bonchev–Trinajstić information content (AvgIpc) is 3.10. The smallest absolute Gasteiger partial charge is 0.229 e. The molecule has 0 amide bonds. The SMILES string of the molecule is CCc1cc(Nc2ncc(Br)c(Nc3ccc(-c4ncccc4N)cc3P(C)C)n2)c(OC)cc1N1CCC(N2CCN(C)CC2)CC1. The van der Waals surface area contributed by atoms with Crippen LogP contribution in [-0.4, -0.2) is 97.5 Å². The van der Waals surface area contributed by atoms with Crippen molar-refractivity contribution in [2.24, 2.45) is 0 Å². The summed E-state index contributed by atoms with van der Waals surface area (Å²) in [6.07, 6.45) is 6.84. The molecule has 10 nitrogen and oxygen atoms in total. The fourth-order valence-electron chi connectivity index (χ4n) is 6.69. The Labute approximate surface area is 294 Å². The number of piperazine rings is 1. The van der Waals surface area contributed by atoms with E-state index in [9.17, 15) is 0 Å². The summed E-state index contributed by atoms with van der Waals surface area (Å²) in [6, 6.07) is 15.1. The van der Waals surface area contributed by atoms with Gasteiger partial charge in [0.2, 0.25) is 5.95 Å². The van der Waals surface area contributed by atoms with Gasteiger partial charge in [-0.3, -0.25) is 9.88 Å². The van der Waals surface area contributed by atoms with Crippen LogP contribution in [0, 0.1) is 0 Å². The van der Waals surface area contributed by atoms with Crippen LogP contribution in [0.2, 0.25) is 0 Å². The number of anilines is 6. The Kier molecular flexibility index (Phi) is 11.0. The van der Waals surface area contributed by atoms with E-state index < -0.39 is 7.92 Å². The summed E-state index contributed by atoms with van der Waals surface area (Å²) in [5, 5.41) is 8.21. The number of piperidine rings is 1. The summed E-state index contributed by atoms with van der Waals surface area (Å²) >= 11 is 3.66. The number of rotatable bonds is 10. The summed E-state index contributed by atoms with van der Waals surface area (Å²) in [5.74, 6) is 1.93. The van der Waals surface area contributed by atoms with E-state index in [2.05, 4.69) is 103 Å². The molecule has 254 valence electrons. The van der Waals surface area contributed by atoms with Gasteiger partial charge in [0.15, 0.2) is 0 Å². The lowest BCUT2D eigenvalue weighted by Crippen LogP contribution is -2.52. The van der Waals surface area contributed by atoms with Crippen LogP contribution in [0.25, 0.3) is 11.3 Å². The highest BCUT2D eigenvalue weighted by atomic mass is 79.9. The molecule has 2 saturated heterocycles. The molecule has 0 radical (unpaired) electrons. The van der Waals surface area contributed by atoms with Gasteiger partial charge in [0.05, 0.1) is 28.7 Å². The van der Waals surface area contributed by atoms with E-state index in [1.807, 2.05) is 18.2 Å². The Morgan fingerprint density at radius 3 is 2.44 bits per heavy atom. The number of aryl methyl sites for hydroxylation is 1. The molecule has 6 rings (SSSR count). The van der Waals surface area contributed by atoms with Crippen LogP contribution < -0.4 is 31.3 Å². The molecule has 2 aromatic carbocycles. The van der Waals surface area contributed by atoms with Gasteiger partial charge in [-0.05, 0) is 96.8 Å². The van der Waals surface area contributed by atoms with E-state index in [0.29, 0.717) is 23.5 Å². The third-order valence-electron chi connectivity index (χ3n) is 9.48. The van der Waals surface area contributed by atoms with Gasteiger partial charge < -0.3 is 30.9 Å². The Hall–Kier alpha value is -3.50. The molecule has 4 heterocycles. The Bertz CT molecular complexity index is 1720. The third kappa shape index (κ3) is 7.70. The fraction of sp³-hybridized carbons (Fsp3) is 0.417. The average molecular weight is 733 g/mol. The van der Waals surface area contributed by atoms with Gasteiger partial charge in [-0.25, -0.2) is 4.98 Å². The van der Waals surface area contributed by atoms with E-state index in [0.717, 1.165) is 52.4 Å². The quantitative estimate of drug-likeness (QED) is 0.156. The van der Waals surface area contributed by atoms with Crippen LogP contribution in [0.1, 0.15) is 25.3 Å². The first-order valence-corrected chi connectivity index (χ1v) is 19.7. The highest BCUT2D eigenvalue weighted by Gasteiger charge is 2.28. The Balaban J connectivity index is 1.20. The number of ether oxygens (including phenoxy) is 1. The van der Waals surface area contributed by atoms with Crippen molar-refractivity contribution < 1.29 is 4.74 Å². The molecule has 48 heavy (non-hydrogen) atoms. The van der Waals surface area contributed by atoms with Crippen molar-refractivity contribution >= 4 is 63.7 Å². The largest absolute Gasteiger partial charge is 0.494 e. The summed E-state index contributed by atoms with van der Waals surface area (Å²) < 4.78 is 6.70. The first-order chi connectivity index (χ1) is 23.2. The third-order valence-corrected chi connectivity index (χ3v) is 11.4. The number of likely N-dealkylation sites (N-methyl/N-ethyl adjacent to an activating group) is 1. The lowest BCUT2D eigenvalue weighted by Gasteiger charge is -2.43. The van der Waals surface area contributed by atoms with Crippen molar-refractivity contribution in [2.75, 3.05) is 88.0 Å². The minimum absolute atomic E-state index is 0.445. The second-order valence-corrected chi connectivity index (χ2v) is 15.9. The molecule has 2 aliphatic rings. The van der Waals surface area contributed by atoms with E-state index >= 15 is 0 Å². The topological polar surface area (TPSA) is 108 Å². The molecular weight excluding hydrogens is 685 g/mol. The van der Waals surface area contributed by atoms with Gasteiger partial charge >= 0.3 is 0 Å². The van der Waals surface area contributed by atoms with Crippen LogP contribution in [0.4, 0.5) is 34.5 Å². The Morgan fingerprint density at radius 1 is 0.979 bits per heavy atom. The lowest BCUT2D eigenvalue weighted by molar-refractivity contribution is 0.0982. The maximum Gasteiger partial charge on any atom is 0.229 e. The number of nitrogens with one attached hydrogen (secondary N) is 2. The standard InChI is InChI=1S/C36H47BrN9OP/c1-6-24-20-30(32(47-3)22-31(24)46-14-11-26(12-15-46)45-18-16-44(2)17-19-45)42-36-40-23-27(37)35(43-36)41-29-10-9-25(21-33(29)48(4)5)34-28(38)8-7-13-39-34/h7-10,13,20-23,26H,6,11-12,14-19,38H2,1-5H3,(H2,40,41,42,43). The second-order valence-electron chi connectivity index (χ2n) is 12.8. The van der Waals surface area contributed by atoms with Gasteiger partial charge in [0, 0.05) is 80.7 Å². The minimum atomic E-state index is -0.445. The summed E-state index contributed by atoms with van der Waals surface area (Å²) in [7, 11) is 3.50. The zero-order valence-electron chi connectivity index (χ0n) is 28.6. The molecule has 0 saturated carbocycles. The molecule has 2 aromatic heterocycles. The van der Waals surface area contributed by atoms with Crippen molar-refractivity contribution in [3.63, 3.8) is 0 Å². The highest BCUT2D eigenvalue weighted by Crippen LogP contribution is 2.38. The van der Waals surface area contributed by atoms with Crippen LogP contribution >= 0.6 is 23.9 Å². The van der Waals surface area contributed by atoms with Gasteiger partial charge in [0.1, 0.15) is 11.6 Å². The molecule has 4 N–H and O–H groups in total. The van der Waals surface area contributed by atoms with Crippen molar-refractivity contribution in [3.8, 4) is 17.0 Å².